The number of halogens is 2. The van der Waals surface area contributed by atoms with Gasteiger partial charge in [-0.25, -0.2) is 4.39 Å². The van der Waals surface area contributed by atoms with Crippen molar-refractivity contribution in [2.45, 2.75) is 6.42 Å². The maximum Gasteiger partial charge on any atom is 0.252 e. The first kappa shape index (κ1) is 12.9. The second-order valence-corrected chi connectivity index (χ2v) is 3.74. The molecule has 0 bridgehead atoms. The number of carbonyl (C=O) groups excluding carboxylic acids is 1. The lowest BCUT2D eigenvalue weighted by molar-refractivity contribution is 0.0953. The van der Waals surface area contributed by atoms with Gasteiger partial charge in [0.15, 0.2) is 0 Å². The van der Waals surface area contributed by atoms with Gasteiger partial charge in [-0.3, -0.25) is 4.79 Å². The van der Waals surface area contributed by atoms with Gasteiger partial charge in [0, 0.05) is 6.54 Å². The molecule has 0 aromatic heterocycles. The Kier molecular flexibility index (Phi) is 5.22. The van der Waals surface area contributed by atoms with E-state index in [-0.39, 0.29) is 10.9 Å². The van der Waals surface area contributed by atoms with Crippen molar-refractivity contribution in [3.63, 3.8) is 0 Å². The van der Waals surface area contributed by atoms with Crippen LogP contribution in [0.4, 0.5) is 4.39 Å². The highest BCUT2D eigenvalue weighted by molar-refractivity contribution is 6.33. The van der Waals surface area contributed by atoms with E-state index in [1.807, 2.05) is 7.05 Å². The molecule has 0 radical (unpaired) electrons. The molecule has 5 heteroatoms. The molecular weight excluding hydrogens is 231 g/mol. The number of nitrogens with one attached hydrogen (secondary N) is 2. The Balaban J connectivity index is 2.53. The zero-order valence-electron chi connectivity index (χ0n) is 9.02. The van der Waals surface area contributed by atoms with E-state index < -0.39 is 5.82 Å². The average Bonchev–Trinajstić information content (AvgIpc) is 2.24. The topological polar surface area (TPSA) is 41.1 Å². The van der Waals surface area contributed by atoms with Gasteiger partial charge in [-0.2, -0.15) is 0 Å². The van der Waals surface area contributed by atoms with E-state index in [1.165, 1.54) is 12.1 Å². The Bertz CT molecular complexity index is 371. The molecule has 0 aliphatic heterocycles. The molecule has 16 heavy (non-hydrogen) atoms. The minimum Gasteiger partial charge on any atom is -0.352 e. The smallest absolute Gasteiger partial charge is 0.252 e. The Morgan fingerprint density at radius 1 is 1.44 bits per heavy atom. The van der Waals surface area contributed by atoms with E-state index in [4.69, 9.17) is 11.6 Å². The standard InChI is InChI=1S/C11H14ClFN2O/c1-14-5-2-6-15-11(16)9-4-3-8(13)7-10(9)12/h3-4,7,14H,2,5-6H2,1H3,(H,15,16). The lowest BCUT2D eigenvalue weighted by Gasteiger charge is -2.06. The summed E-state index contributed by atoms with van der Waals surface area (Å²) >= 11 is 5.75. The van der Waals surface area contributed by atoms with Crippen molar-refractivity contribution in [3.8, 4) is 0 Å². The first-order valence-corrected chi connectivity index (χ1v) is 5.41. The van der Waals surface area contributed by atoms with E-state index in [0.29, 0.717) is 12.1 Å². The highest BCUT2D eigenvalue weighted by atomic mass is 35.5. The first-order valence-electron chi connectivity index (χ1n) is 5.03. The van der Waals surface area contributed by atoms with Gasteiger partial charge in [-0.15, -0.1) is 0 Å². The van der Waals surface area contributed by atoms with E-state index in [0.717, 1.165) is 19.0 Å². The molecule has 0 atom stereocenters. The van der Waals surface area contributed by atoms with Crippen LogP contribution in [0, 0.1) is 5.82 Å². The zero-order valence-corrected chi connectivity index (χ0v) is 9.77. The summed E-state index contributed by atoms with van der Waals surface area (Å²) in [4.78, 5) is 11.6. The summed E-state index contributed by atoms with van der Waals surface area (Å²) in [5, 5.41) is 5.81. The van der Waals surface area contributed by atoms with Crippen LogP contribution in [0.25, 0.3) is 0 Å². The van der Waals surface area contributed by atoms with E-state index >= 15 is 0 Å². The van der Waals surface area contributed by atoms with E-state index in [2.05, 4.69) is 10.6 Å². The van der Waals surface area contributed by atoms with Crippen molar-refractivity contribution in [2.24, 2.45) is 0 Å². The number of hydrogen-bond donors (Lipinski definition) is 2. The van der Waals surface area contributed by atoms with Gasteiger partial charge in [0.2, 0.25) is 0 Å². The Labute approximate surface area is 99.0 Å². The van der Waals surface area contributed by atoms with Gasteiger partial charge in [0.25, 0.3) is 5.91 Å². The van der Waals surface area contributed by atoms with Crippen molar-refractivity contribution in [1.82, 2.24) is 10.6 Å². The number of carbonyl (C=O) groups is 1. The Morgan fingerprint density at radius 2 is 2.19 bits per heavy atom. The molecule has 0 spiro atoms. The average molecular weight is 245 g/mol. The largest absolute Gasteiger partial charge is 0.352 e. The summed E-state index contributed by atoms with van der Waals surface area (Å²) in [5.74, 6) is -0.724. The van der Waals surface area contributed by atoms with Crippen LogP contribution >= 0.6 is 11.6 Å². The zero-order chi connectivity index (χ0) is 12.0. The van der Waals surface area contributed by atoms with Crippen molar-refractivity contribution in [2.75, 3.05) is 20.1 Å². The van der Waals surface area contributed by atoms with Crippen molar-refractivity contribution >= 4 is 17.5 Å². The summed E-state index contributed by atoms with van der Waals surface area (Å²) in [6, 6.07) is 3.73. The maximum atomic E-state index is 12.7. The minimum atomic E-state index is -0.447. The first-order chi connectivity index (χ1) is 7.65. The monoisotopic (exact) mass is 244 g/mol. The SMILES string of the molecule is CNCCCNC(=O)c1ccc(F)cc1Cl. The predicted octanol–water partition coefficient (Wildman–Crippen LogP) is 1.82. The van der Waals surface area contributed by atoms with Crippen LogP contribution in [0.2, 0.25) is 5.02 Å². The minimum absolute atomic E-state index is 0.131. The van der Waals surface area contributed by atoms with Crippen molar-refractivity contribution in [3.05, 3.63) is 34.6 Å². The van der Waals surface area contributed by atoms with Crippen LogP contribution in [0.15, 0.2) is 18.2 Å². The van der Waals surface area contributed by atoms with Gasteiger partial charge in [-0.1, -0.05) is 11.6 Å². The number of rotatable bonds is 5. The van der Waals surface area contributed by atoms with Gasteiger partial charge < -0.3 is 10.6 Å². The Morgan fingerprint density at radius 3 is 2.81 bits per heavy atom. The van der Waals surface area contributed by atoms with Gasteiger partial charge >= 0.3 is 0 Å². The molecule has 88 valence electrons. The van der Waals surface area contributed by atoms with Crippen molar-refractivity contribution < 1.29 is 9.18 Å². The normalized spacial score (nSPS) is 10.2. The van der Waals surface area contributed by atoms with Crippen LogP contribution in [-0.2, 0) is 0 Å². The molecule has 0 aliphatic rings. The predicted molar refractivity (Wildman–Crippen MR) is 62.3 cm³/mol. The van der Waals surface area contributed by atoms with E-state index in [9.17, 15) is 9.18 Å². The summed E-state index contributed by atoms with van der Waals surface area (Å²) in [6.07, 6.45) is 0.834. The molecule has 0 unspecified atom stereocenters. The van der Waals surface area contributed by atoms with E-state index in [1.54, 1.807) is 0 Å². The Hall–Kier alpha value is -1.13. The van der Waals surface area contributed by atoms with Crippen LogP contribution in [0.3, 0.4) is 0 Å². The highest BCUT2D eigenvalue weighted by Crippen LogP contribution is 2.16. The molecule has 0 heterocycles. The second kappa shape index (κ2) is 6.45. The summed E-state index contributed by atoms with van der Waals surface area (Å²) in [5.41, 5.74) is 0.299. The van der Waals surface area contributed by atoms with Crippen LogP contribution in [0.5, 0.6) is 0 Å². The molecular formula is C11H14ClFN2O. The molecule has 0 aliphatic carbocycles. The fraction of sp³-hybridized carbons (Fsp3) is 0.364. The lowest BCUT2D eigenvalue weighted by atomic mass is 10.2. The molecule has 3 nitrogen and oxygen atoms in total. The molecule has 1 rings (SSSR count). The highest BCUT2D eigenvalue weighted by Gasteiger charge is 2.09. The molecule has 1 amide bonds. The fourth-order valence-corrected chi connectivity index (χ4v) is 1.49. The summed E-state index contributed by atoms with van der Waals surface area (Å²) in [6.45, 7) is 1.39. The van der Waals surface area contributed by atoms with Crippen LogP contribution in [0.1, 0.15) is 16.8 Å². The lowest BCUT2D eigenvalue weighted by Crippen LogP contribution is -2.26. The van der Waals surface area contributed by atoms with Crippen molar-refractivity contribution in [1.29, 1.82) is 0 Å². The second-order valence-electron chi connectivity index (χ2n) is 3.34. The molecule has 2 N–H and O–H groups in total. The van der Waals surface area contributed by atoms with Gasteiger partial charge in [-0.05, 0) is 38.2 Å². The fourth-order valence-electron chi connectivity index (χ4n) is 1.24. The molecule has 0 saturated carbocycles. The molecule has 0 fully saturated rings. The number of amides is 1. The third-order valence-electron chi connectivity index (χ3n) is 2.06. The number of hydrogen-bond acceptors (Lipinski definition) is 2. The molecule has 1 aromatic carbocycles. The molecule has 1 aromatic rings. The van der Waals surface area contributed by atoms with Crippen LogP contribution in [-0.4, -0.2) is 26.0 Å². The summed E-state index contributed by atoms with van der Waals surface area (Å²) < 4.78 is 12.7. The number of benzene rings is 1. The summed E-state index contributed by atoms with van der Waals surface area (Å²) in [7, 11) is 1.85. The molecule has 0 saturated heterocycles. The van der Waals surface area contributed by atoms with Gasteiger partial charge in [0.1, 0.15) is 5.82 Å². The quantitative estimate of drug-likeness (QED) is 0.776. The third-order valence-corrected chi connectivity index (χ3v) is 2.38. The van der Waals surface area contributed by atoms with Gasteiger partial charge in [0.05, 0.1) is 10.6 Å². The third kappa shape index (κ3) is 3.79. The maximum absolute atomic E-state index is 12.7. The van der Waals surface area contributed by atoms with Crippen LogP contribution < -0.4 is 10.6 Å².